The first-order valence-electron chi connectivity index (χ1n) is 15.9. The molecule has 0 atom stereocenters. The van der Waals surface area contributed by atoms with E-state index >= 15 is 0 Å². The Hall–Kier alpha value is -6.12. The van der Waals surface area contributed by atoms with E-state index in [1.54, 1.807) is 104 Å². The fourth-order valence-corrected chi connectivity index (χ4v) is 7.35. The van der Waals surface area contributed by atoms with Crippen molar-refractivity contribution in [3.63, 3.8) is 0 Å². The van der Waals surface area contributed by atoms with Crippen LogP contribution in [0.15, 0.2) is 118 Å². The number of rotatable bonds is 9. The average Bonchev–Trinajstić information content (AvgIpc) is 3.49. The largest absolute Gasteiger partial charge is 0.322 e. The molecule has 0 bridgehead atoms. The molecule has 0 aliphatic carbocycles. The molecule has 6 rings (SSSR count). The van der Waals surface area contributed by atoms with E-state index in [1.165, 1.54) is 40.7 Å². The summed E-state index contributed by atoms with van der Waals surface area (Å²) < 4.78 is 34.7. The summed E-state index contributed by atoms with van der Waals surface area (Å²) in [5.41, 5.74) is 1.42. The predicted octanol–water partition coefficient (Wildman–Crippen LogP) is 5.27. The number of amides is 2. The monoisotopic (exact) mass is 739 g/mol. The van der Waals surface area contributed by atoms with Crippen molar-refractivity contribution in [2.45, 2.75) is 18.7 Å². The Morgan fingerprint density at radius 1 is 0.692 bits per heavy atom. The van der Waals surface area contributed by atoms with E-state index in [0.717, 1.165) is 10.4 Å². The van der Waals surface area contributed by atoms with Gasteiger partial charge in [0.1, 0.15) is 11.4 Å². The molecule has 2 amide bonds. The number of nitrogens with one attached hydrogen (secondary N) is 2. The molecule has 2 aromatic heterocycles. The SMILES string of the molecule is Cc1c(NC(=O)c2cccc(NC(=O)c3cc(S(=O)(=O)N(C)c4c(C)n(C)n(-c5ccccc5)c4=O)ccc3Cl)c2)c(=O)n(-c2ccccc2)n1C. The summed E-state index contributed by atoms with van der Waals surface area (Å²) in [5, 5.41) is 5.33. The lowest BCUT2D eigenvalue weighted by Gasteiger charge is -2.19. The number of sulfonamides is 1. The van der Waals surface area contributed by atoms with Gasteiger partial charge in [0.2, 0.25) is 0 Å². The minimum Gasteiger partial charge on any atom is -0.322 e. The second kappa shape index (κ2) is 13.9. The molecule has 2 N–H and O–H groups in total. The molecule has 0 fully saturated rings. The van der Waals surface area contributed by atoms with Crippen molar-refractivity contribution < 1.29 is 18.0 Å². The molecule has 0 spiro atoms. The standard InChI is InChI=1S/C37H34ClN7O6S/c1-23-32(36(48)44(41(23)3)27-15-8-6-9-16-27)40-34(46)25-13-12-14-26(21-25)39-35(47)30-22-29(19-20-31(30)38)52(50,51)43(5)33-24(2)42(4)45(37(33)49)28-17-10-7-11-18-28/h6-22H,1-5H3,(H,39,47)(H,40,46). The topological polar surface area (TPSA) is 149 Å². The minimum atomic E-state index is -4.36. The van der Waals surface area contributed by atoms with Gasteiger partial charge >= 0.3 is 0 Å². The van der Waals surface area contributed by atoms with E-state index in [9.17, 15) is 27.6 Å². The molecule has 0 saturated carbocycles. The number of para-hydroxylation sites is 2. The van der Waals surface area contributed by atoms with Crippen LogP contribution in [0.3, 0.4) is 0 Å². The van der Waals surface area contributed by atoms with E-state index in [1.807, 2.05) is 6.07 Å². The molecule has 13 nitrogen and oxygen atoms in total. The molecule has 0 aliphatic heterocycles. The van der Waals surface area contributed by atoms with Crippen LogP contribution < -0.4 is 26.1 Å². The first-order valence-corrected chi connectivity index (χ1v) is 17.7. The highest BCUT2D eigenvalue weighted by atomic mass is 35.5. The molecule has 52 heavy (non-hydrogen) atoms. The predicted molar refractivity (Wildman–Crippen MR) is 201 cm³/mol. The maximum atomic E-state index is 13.9. The van der Waals surface area contributed by atoms with Gasteiger partial charge < -0.3 is 10.6 Å². The zero-order valence-corrected chi connectivity index (χ0v) is 30.4. The maximum absolute atomic E-state index is 13.9. The molecule has 0 unspecified atom stereocenters. The van der Waals surface area contributed by atoms with Crippen molar-refractivity contribution >= 4 is 50.5 Å². The summed E-state index contributed by atoms with van der Waals surface area (Å²) >= 11 is 6.38. The van der Waals surface area contributed by atoms with Crippen LogP contribution in [0.4, 0.5) is 17.1 Å². The van der Waals surface area contributed by atoms with Crippen molar-refractivity contribution in [3.8, 4) is 11.4 Å². The van der Waals surface area contributed by atoms with Gasteiger partial charge in [0.25, 0.3) is 33.0 Å². The summed E-state index contributed by atoms with van der Waals surface area (Å²) in [7, 11) is 0.281. The highest BCUT2D eigenvalue weighted by molar-refractivity contribution is 7.92. The quantitative estimate of drug-likeness (QED) is 0.207. The molecule has 6 aromatic rings. The third-order valence-corrected chi connectivity index (χ3v) is 10.9. The number of carbonyl (C=O) groups is 2. The number of hydrogen-bond donors (Lipinski definition) is 2. The summed E-state index contributed by atoms with van der Waals surface area (Å²) in [5.74, 6) is -1.33. The maximum Gasteiger partial charge on any atom is 0.296 e. The zero-order valence-electron chi connectivity index (χ0n) is 28.8. The summed E-state index contributed by atoms with van der Waals surface area (Å²) in [4.78, 5) is 53.4. The first-order chi connectivity index (χ1) is 24.7. The normalized spacial score (nSPS) is 11.3. The molecule has 2 heterocycles. The number of aromatic nitrogens is 4. The van der Waals surface area contributed by atoms with E-state index in [2.05, 4.69) is 10.6 Å². The van der Waals surface area contributed by atoms with E-state index in [4.69, 9.17) is 11.6 Å². The highest BCUT2D eigenvalue weighted by Gasteiger charge is 2.30. The van der Waals surface area contributed by atoms with E-state index in [0.29, 0.717) is 22.8 Å². The molecular formula is C37H34ClN7O6S. The van der Waals surface area contributed by atoms with Crippen molar-refractivity contribution in [3.05, 3.63) is 151 Å². The van der Waals surface area contributed by atoms with Gasteiger partial charge in [-0.15, -0.1) is 0 Å². The van der Waals surface area contributed by atoms with Gasteiger partial charge in [-0.25, -0.2) is 17.8 Å². The third-order valence-electron chi connectivity index (χ3n) is 8.85. The Morgan fingerprint density at radius 3 is 1.88 bits per heavy atom. The number of nitrogens with zero attached hydrogens (tertiary/aromatic N) is 5. The minimum absolute atomic E-state index is 0.0235. The van der Waals surface area contributed by atoms with Gasteiger partial charge in [0.05, 0.1) is 38.2 Å². The number of anilines is 3. The van der Waals surface area contributed by atoms with Crippen LogP contribution >= 0.6 is 11.6 Å². The lowest BCUT2D eigenvalue weighted by atomic mass is 10.1. The first kappa shape index (κ1) is 35.7. The van der Waals surface area contributed by atoms with Crippen molar-refractivity contribution in [1.29, 1.82) is 0 Å². The van der Waals surface area contributed by atoms with Gasteiger partial charge in [0.15, 0.2) is 0 Å². The third kappa shape index (κ3) is 6.33. The van der Waals surface area contributed by atoms with Crippen LogP contribution in [0, 0.1) is 13.8 Å². The second-order valence-electron chi connectivity index (χ2n) is 11.9. The fraction of sp³-hybridized carbons (Fsp3) is 0.135. The lowest BCUT2D eigenvalue weighted by molar-refractivity contribution is 0.101. The van der Waals surface area contributed by atoms with E-state index in [-0.39, 0.29) is 38.1 Å². The zero-order chi connectivity index (χ0) is 37.5. The van der Waals surface area contributed by atoms with Crippen LogP contribution in [0.25, 0.3) is 11.4 Å². The van der Waals surface area contributed by atoms with Crippen LogP contribution in [0.1, 0.15) is 32.1 Å². The fourth-order valence-electron chi connectivity index (χ4n) is 5.87. The Kier molecular flexibility index (Phi) is 9.53. The number of carbonyl (C=O) groups excluding carboxylic acids is 2. The van der Waals surface area contributed by atoms with Crippen LogP contribution in [0.5, 0.6) is 0 Å². The number of benzene rings is 4. The Balaban J connectivity index is 1.24. The molecular weight excluding hydrogens is 706 g/mol. The number of hydrogen-bond acceptors (Lipinski definition) is 6. The molecule has 0 radical (unpaired) electrons. The molecule has 0 aliphatic rings. The summed E-state index contributed by atoms with van der Waals surface area (Å²) in [6.07, 6.45) is 0. The van der Waals surface area contributed by atoms with Gasteiger partial charge in [-0.1, -0.05) is 54.1 Å². The van der Waals surface area contributed by atoms with Gasteiger partial charge in [-0.05, 0) is 74.5 Å². The molecule has 4 aromatic carbocycles. The van der Waals surface area contributed by atoms with Crippen molar-refractivity contribution in [1.82, 2.24) is 18.7 Å². The lowest BCUT2D eigenvalue weighted by Crippen LogP contribution is -2.32. The number of halogens is 1. The summed E-state index contributed by atoms with van der Waals surface area (Å²) in [6, 6.07) is 27.5. The Bertz CT molecular complexity index is 2590. The van der Waals surface area contributed by atoms with Crippen LogP contribution in [0.2, 0.25) is 5.02 Å². The van der Waals surface area contributed by atoms with Gasteiger partial charge in [0, 0.05) is 32.4 Å². The summed E-state index contributed by atoms with van der Waals surface area (Å²) in [6.45, 7) is 3.35. The van der Waals surface area contributed by atoms with Gasteiger partial charge in [-0.2, -0.15) is 0 Å². The molecule has 266 valence electrons. The van der Waals surface area contributed by atoms with Crippen LogP contribution in [-0.4, -0.2) is 46.0 Å². The molecule has 0 saturated heterocycles. The second-order valence-corrected chi connectivity index (χ2v) is 14.3. The highest BCUT2D eigenvalue weighted by Crippen LogP contribution is 2.28. The van der Waals surface area contributed by atoms with Crippen LogP contribution in [-0.2, 0) is 24.1 Å². The van der Waals surface area contributed by atoms with E-state index < -0.39 is 33.0 Å². The van der Waals surface area contributed by atoms with Crippen molar-refractivity contribution in [2.75, 3.05) is 22.0 Å². The average molecular weight is 740 g/mol. The Labute approximate surface area is 303 Å². The smallest absolute Gasteiger partial charge is 0.296 e. The Morgan fingerprint density at radius 2 is 1.27 bits per heavy atom. The van der Waals surface area contributed by atoms with Crippen molar-refractivity contribution in [2.24, 2.45) is 14.1 Å². The molecule has 15 heteroatoms. The van der Waals surface area contributed by atoms with Gasteiger partial charge in [-0.3, -0.25) is 32.8 Å².